The molecule has 1 aliphatic heterocycles. The van der Waals surface area contributed by atoms with Crippen LogP contribution in [0.15, 0.2) is 36.7 Å². The lowest BCUT2D eigenvalue weighted by molar-refractivity contribution is 0.122. The van der Waals surface area contributed by atoms with Crippen molar-refractivity contribution in [3.63, 3.8) is 0 Å². The Kier molecular flexibility index (Phi) is 3.90. The standard InChI is InChI=1S/C18H21N5O/c1-13(2)14-4-5-16-15(12-14)17(22-8-10-24-11-9-22)21-18(20-16)23-7-3-6-19-23/h3-7,12-13H,8-11H2,1-2H3. The number of anilines is 1. The van der Waals surface area contributed by atoms with E-state index in [4.69, 9.17) is 14.7 Å². The molecule has 0 aliphatic carbocycles. The van der Waals surface area contributed by atoms with E-state index in [1.165, 1.54) is 5.56 Å². The zero-order chi connectivity index (χ0) is 16.5. The average molecular weight is 323 g/mol. The van der Waals surface area contributed by atoms with Crippen molar-refractivity contribution in [1.82, 2.24) is 19.7 Å². The van der Waals surface area contributed by atoms with Crippen LogP contribution in [0.2, 0.25) is 0 Å². The summed E-state index contributed by atoms with van der Waals surface area (Å²) < 4.78 is 7.20. The highest BCUT2D eigenvalue weighted by molar-refractivity contribution is 5.90. The summed E-state index contributed by atoms with van der Waals surface area (Å²) in [4.78, 5) is 11.8. The van der Waals surface area contributed by atoms with Gasteiger partial charge in [0, 0.05) is 30.9 Å². The molecule has 6 heteroatoms. The lowest BCUT2D eigenvalue weighted by atomic mass is 10.0. The van der Waals surface area contributed by atoms with Gasteiger partial charge in [-0.2, -0.15) is 10.1 Å². The van der Waals surface area contributed by atoms with Crippen LogP contribution in [0.4, 0.5) is 5.82 Å². The van der Waals surface area contributed by atoms with E-state index in [-0.39, 0.29) is 0 Å². The zero-order valence-corrected chi connectivity index (χ0v) is 14.0. The predicted molar refractivity (Wildman–Crippen MR) is 93.8 cm³/mol. The number of nitrogens with zero attached hydrogens (tertiary/aromatic N) is 5. The second kappa shape index (κ2) is 6.20. The van der Waals surface area contributed by atoms with Gasteiger partial charge in [0.05, 0.1) is 18.7 Å². The predicted octanol–water partition coefficient (Wildman–Crippen LogP) is 2.78. The molecule has 6 nitrogen and oxygen atoms in total. The number of aromatic nitrogens is 4. The first-order valence-corrected chi connectivity index (χ1v) is 8.37. The topological polar surface area (TPSA) is 56.1 Å². The van der Waals surface area contributed by atoms with Gasteiger partial charge in [0.1, 0.15) is 5.82 Å². The molecule has 0 spiro atoms. The lowest BCUT2D eigenvalue weighted by Gasteiger charge is -2.29. The highest BCUT2D eigenvalue weighted by Crippen LogP contribution is 2.28. The molecule has 1 saturated heterocycles. The fraction of sp³-hybridized carbons (Fsp3) is 0.389. The van der Waals surface area contributed by atoms with Gasteiger partial charge in [-0.25, -0.2) is 9.67 Å². The van der Waals surface area contributed by atoms with Crippen LogP contribution in [0, 0.1) is 0 Å². The fourth-order valence-electron chi connectivity index (χ4n) is 2.98. The van der Waals surface area contributed by atoms with Crippen LogP contribution in [0.25, 0.3) is 16.9 Å². The van der Waals surface area contributed by atoms with Crippen LogP contribution < -0.4 is 4.90 Å². The quantitative estimate of drug-likeness (QED) is 0.742. The number of fused-ring (bicyclic) bond motifs is 1. The van der Waals surface area contributed by atoms with Crippen molar-refractivity contribution in [3.8, 4) is 5.95 Å². The van der Waals surface area contributed by atoms with Crippen molar-refractivity contribution in [2.75, 3.05) is 31.2 Å². The number of hydrogen-bond donors (Lipinski definition) is 0. The average Bonchev–Trinajstić information content (AvgIpc) is 3.15. The molecule has 2 aromatic heterocycles. The molecular formula is C18H21N5O. The largest absolute Gasteiger partial charge is 0.378 e. The molecule has 3 aromatic rings. The minimum Gasteiger partial charge on any atom is -0.378 e. The van der Waals surface area contributed by atoms with E-state index in [0.717, 1.165) is 43.0 Å². The zero-order valence-electron chi connectivity index (χ0n) is 14.0. The van der Waals surface area contributed by atoms with E-state index >= 15 is 0 Å². The van der Waals surface area contributed by atoms with Crippen molar-refractivity contribution in [2.24, 2.45) is 0 Å². The minimum atomic E-state index is 0.470. The first-order chi connectivity index (χ1) is 11.7. The normalized spacial score (nSPS) is 15.4. The molecule has 0 unspecified atom stereocenters. The molecule has 1 fully saturated rings. The summed E-state index contributed by atoms with van der Waals surface area (Å²) in [7, 11) is 0. The number of morpholine rings is 1. The Morgan fingerprint density at radius 1 is 1.12 bits per heavy atom. The van der Waals surface area contributed by atoms with E-state index in [1.807, 2.05) is 12.3 Å². The number of benzene rings is 1. The van der Waals surface area contributed by atoms with Crippen molar-refractivity contribution in [1.29, 1.82) is 0 Å². The molecule has 0 bridgehead atoms. The van der Waals surface area contributed by atoms with Crippen LogP contribution in [0.1, 0.15) is 25.3 Å². The van der Waals surface area contributed by atoms with Crippen molar-refractivity contribution >= 4 is 16.7 Å². The summed E-state index contributed by atoms with van der Waals surface area (Å²) >= 11 is 0. The Labute approximate surface area is 141 Å². The number of rotatable bonds is 3. The molecule has 3 heterocycles. The van der Waals surface area contributed by atoms with Gasteiger partial charge in [-0.3, -0.25) is 0 Å². The van der Waals surface area contributed by atoms with Gasteiger partial charge in [-0.1, -0.05) is 19.9 Å². The maximum absolute atomic E-state index is 5.50. The summed E-state index contributed by atoms with van der Waals surface area (Å²) in [6, 6.07) is 8.33. The molecule has 1 aliphatic rings. The SMILES string of the molecule is CC(C)c1ccc2nc(-n3cccn3)nc(N3CCOCC3)c2c1. The number of ether oxygens (including phenoxy) is 1. The van der Waals surface area contributed by atoms with Gasteiger partial charge in [0.2, 0.25) is 0 Å². The fourth-order valence-corrected chi connectivity index (χ4v) is 2.98. The summed E-state index contributed by atoms with van der Waals surface area (Å²) in [6.45, 7) is 7.55. The van der Waals surface area contributed by atoms with E-state index in [2.05, 4.69) is 42.0 Å². The summed E-state index contributed by atoms with van der Waals surface area (Å²) in [5.74, 6) is 2.04. The van der Waals surface area contributed by atoms with Gasteiger partial charge < -0.3 is 9.64 Å². The Balaban J connectivity index is 1.91. The Bertz CT molecular complexity index is 838. The lowest BCUT2D eigenvalue weighted by Crippen LogP contribution is -2.37. The van der Waals surface area contributed by atoms with Crippen molar-refractivity contribution in [2.45, 2.75) is 19.8 Å². The molecule has 0 saturated carbocycles. The summed E-state index contributed by atoms with van der Waals surface area (Å²) in [6.07, 6.45) is 3.61. The van der Waals surface area contributed by atoms with Crippen LogP contribution in [-0.4, -0.2) is 46.1 Å². The second-order valence-corrected chi connectivity index (χ2v) is 6.33. The number of hydrogen-bond acceptors (Lipinski definition) is 5. The van der Waals surface area contributed by atoms with E-state index < -0.39 is 0 Å². The maximum atomic E-state index is 5.50. The van der Waals surface area contributed by atoms with Gasteiger partial charge in [0.25, 0.3) is 5.95 Å². The highest BCUT2D eigenvalue weighted by atomic mass is 16.5. The van der Waals surface area contributed by atoms with E-state index in [1.54, 1.807) is 10.9 Å². The smallest absolute Gasteiger partial charge is 0.253 e. The van der Waals surface area contributed by atoms with Crippen LogP contribution in [0.3, 0.4) is 0 Å². The molecule has 0 N–H and O–H groups in total. The Morgan fingerprint density at radius 2 is 1.96 bits per heavy atom. The molecule has 4 rings (SSSR count). The summed E-state index contributed by atoms with van der Waals surface area (Å²) in [5.41, 5.74) is 2.24. The molecule has 1 aromatic carbocycles. The minimum absolute atomic E-state index is 0.470. The molecular weight excluding hydrogens is 302 g/mol. The van der Waals surface area contributed by atoms with Crippen molar-refractivity contribution in [3.05, 3.63) is 42.2 Å². The van der Waals surface area contributed by atoms with Crippen LogP contribution >= 0.6 is 0 Å². The molecule has 0 atom stereocenters. The van der Waals surface area contributed by atoms with E-state index in [9.17, 15) is 0 Å². The first kappa shape index (κ1) is 15.1. The molecule has 0 amide bonds. The Morgan fingerprint density at radius 3 is 2.67 bits per heavy atom. The molecule has 24 heavy (non-hydrogen) atoms. The first-order valence-electron chi connectivity index (χ1n) is 8.37. The third-order valence-corrected chi connectivity index (χ3v) is 4.37. The Hall–Kier alpha value is -2.47. The molecule has 0 radical (unpaired) electrons. The highest BCUT2D eigenvalue weighted by Gasteiger charge is 2.18. The van der Waals surface area contributed by atoms with E-state index in [0.29, 0.717) is 11.9 Å². The van der Waals surface area contributed by atoms with Gasteiger partial charge in [-0.05, 0) is 29.7 Å². The monoisotopic (exact) mass is 323 g/mol. The third kappa shape index (κ3) is 2.73. The van der Waals surface area contributed by atoms with Crippen LogP contribution in [-0.2, 0) is 4.74 Å². The van der Waals surface area contributed by atoms with Crippen molar-refractivity contribution < 1.29 is 4.74 Å². The molecule has 124 valence electrons. The van der Waals surface area contributed by atoms with Gasteiger partial charge in [-0.15, -0.1) is 0 Å². The van der Waals surface area contributed by atoms with Crippen LogP contribution in [0.5, 0.6) is 0 Å². The van der Waals surface area contributed by atoms with Gasteiger partial charge in [0.15, 0.2) is 0 Å². The summed E-state index contributed by atoms with van der Waals surface area (Å²) in [5, 5.41) is 5.37. The van der Waals surface area contributed by atoms with Gasteiger partial charge >= 0.3 is 0 Å². The third-order valence-electron chi connectivity index (χ3n) is 4.37. The second-order valence-electron chi connectivity index (χ2n) is 6.33. The maximum Gasteiger partial charge on any atom is 0.253 e.